The summed E-state index contributed by atoms with van der Waals surface area (Å²) in [7, 11) is 0. The molecule has 0 saturated carbocycles. The summed E-state index contributed by atoms with van der Waals surface area (Å²) in [5.41, 5.74) is 5.52. The van der Waals surface area contributed by atoms with Gasteiger partial charge in [0, 0.05) is 24.1 Å². The minimum atomic E-state index is -0.570. The maximum atomic E-state index is 11.4. The molecule has 7 nitrogen and oxygen atoms in total. The number of amides is 1. The molecule has 1 amide bonds. The fourth-order valence-electron chi connectivity index (χ4n) is 4.60. The van der Waals surface area contributed by atoms with Crippen LogP contribution in [0.3, 0.4) is 0 Å². The Morgan fingerprint density at radius 2 is 1.71 bits per heavy atom. The Morgan fingerprint density at radius 3 is 2.43 bits per heavy atom. The highest BCUT2D eigenvalue weighted by Crippen LogP contribution is 2.42. The molecule has 1 aliphatic heterocycles. The number of hydrogen-bond donors (Lipinski definition) is 2. The zero-order chi connectivity index (χ0) is 24.4. The highest BCUT2D eigenvalue weighted by atomic mass is 16.7. The SMILES string of the molecule is CC(=O)Nc1ccc(C2OC(Cn3cnc4ccccc43)C(C)C(c3ccc(CO)cc3)O2)cc1. The molecule has 1 fully saturated rings. The number of carbonyl (C=O) groups excluding carboxylic acids is 1. The van der Waals surface area contributed by atoms with Crippen LogP contribution in [-0.2, 0) is 27.4 Å². The first-order valence-electron chi connectivity index (χ1n) is 11.8. The van der Waals surface area contributed by atoms with Gasteiger partial charge < -0.3 is 24.5 Å². The lowest BCUT2D eigenvalue weighted by Crippen LogP contribution is -2.39. The van der Waals surface area contributed by atoms with Gasteiger partial charge in [-0.05, 0) is 35.4 Å². The molecule has 2 N–H and O–H groups in total. The molecule has 1 aliphatic rings. The maximum absolute atomic E-state index is 11.4. The average Bonchev–Trinajstić information content (AvgIpc) is 3.28. The van der Waals surface area contributed by atoms with E-state index in [-0.39, 0.29) is 30.6 Å². The van der Waals surface area contributed by atoms with Crippen LogP contribution in [0.5, 0.6) is 0 Å². The third-order valence-corrected chi connectivity index (χ3v) is 6.53. The zero-order valence-electron chi connectivity index (χ0n) is 19.8. The van der Waals surface area contributed by atoms with Gasteiger partial charge in [-0.1, -0.05) is 55.5 Å². The van der Waals surface area contributed by atoms with Crippen molar-refractivity contribution in [2.24, 2.45) is 5.92 Å². The first-order valence-corrected chi connectivity index (χ1v) is 11.8. The van der Waals surface area contributed by atoms with Crippen molar-refractivity contribution in [2.45, 2.75) is 45.5 Å². The van der Waals surface area contributed by atoms with Crippen LogP contribution in [0, 0.1) is 5.92 Å². The first kappa shape index (κ1) is 23.2. The summed E-state index contributed by atoms with van der Waals surface area (Å²) in [4.78, 5) is 15.9. The lowest BCUT2D eigenvalue weighted by atomic mass is 9.90. The molecule has 3 aromatic carbocycles. The van der Waals surface area contributed by atoms with E-state index in [4.69, 9.17) is 9.47 Å². The smallest absolute Gasteiger partial charge is 0.221 e. The van der Waals surface area contributed by atoms with Crippen LogP contribution in [0.4, 0.5) is 5.69 Å². The Morgan fingerprint density at radius 1 is 1.00 bits per heavy atom. The van der Waals surface area contributed by atoms with Crippen LogP contribution >= 0.6 is 0 Å². The number of carbonyl (C=O) groups is 1. The minimum Gasteiger partial charge on any atom is -0.392 e. The molecule has 1 aromatic heterocycles. The van der Waals surface area contributed by atoms with Crippen molar-refractivity contribution in [2.75, 3.05) is 5.32 Å². The second-order valence-corrected chi connectivity index (χ2v) is 9.01. The largest absolute Gasteiger partial charge is 0.392 e. The van der Waals surface area contributed by atoms with E-state index in [0.29, 0.717) is 6.54 Å². The zero-order valence-corrected chi connectivity index (χ0v) is 19.8. The van der Waals surface area contributed by atoms with Crippen LogP contribution in [0.1, 0.15) is 42.9 Å². The second kappa shape index (κ2) is 10.00. The van der Waals surface area contributed by atoms with Crippen LogP contribution in [0.2, 0.25) is 0 Å². The molecule has 0 aliphatic carbocycles. The summed E-state index contributed by atoms with van der Waals surface area (Å²) in [6, 6.07) is 23.5. The number of para-hydroxylation sites is 2. The molecule has 0 bridgehead atoms. The number of aliphatic hydroxyl groups excluding tert-OH is 1. The predicted octanol–water partition coefficient (Wildman–Crippen LogP) is 4.98. The fourth-order valence-corrected chi connectivity index (χ4v) is 4.60. The Hall–Kier alpha value is -3.52. The van der Waals surface area contributed by atoms with Crippen molar-refractivity contribution >= 4 is 22.6 Å². The van der Waals surface area contributed by atoms with Crippen LogP contribution in [0.15, 0.2) is 79.1 Å². The molecule has 1 saturated heterocycles. The topological polar surface area (TPSA) is 85.6 Å². The summed E-state index contributed by atoms with van der Waals surface area (Å²) in [5.74, 6) is -0.0539. The number of hydrogen-bond acceptors (Lipinski definition) is 5. The predicted molar refractivity (Wildman–Crippen MR) is 133 cm³/mol. The number of nitrogens with zero attached hydrogens (tertiary/aromatic N) is 2. The summed E-state index contributed by atoms with van der Waals surface area (Å²) < 4.78 is 15.2. The molecule has 35 heavy (non-hydrogen) atoms. The standard InChI is InChI=1S/C28H29N3O4/c1-18-26(15-31-17-29-24-5-3-4-6-25(24)31)34-28(22-11-13-23(14-12-22)30-19(2)33)35-27(18)21-9-7-20(16-32)8-10-21/h3-14,17-18,26-28,32H,15-16H2,1-2H3,(H,30,33). The molecular weight excluding hydrogens is 442 g/mol. The molecule has 0 radical (unpaired) electrons. The molecule has 0 spiro atoms. The van der Waals surface area contributed by atoms with Crippen molar-refractivity contribution < 1.29 is 19.4 Å². The van der Waals surface area contributed by atoms with Crippen molar-refractivity contribution in [3.05, 3.63) is 95.8 Å². The van der Waals surface area contributed by atoms with Gasteiger partial charge in [-0.2, -0.15) is 0 Å². The van der Waals surface area contributed by atoms with Gasteiger partial charge in [-0.25, -0.2) is 4.98 Å². The van der Waals surface area contributed by atoms with Gasteiger partial charge in [-0.3, -0.25) is 4.79 Å². The Labute approximate surface area is 204 Å². The van der Waals surface area contributed by atoms with E-state index in [1.165, 1.54) is 6.92 Å². The summed E-state index contributed by atoms with van der Waals surface area (Å²) in [6.45, 7) is 4.27. The number of benzene rings is 3. The first-order chi connectivity index (χ1) is 17.0. The monoisotopic (exact) mass is 471 g/mol. The number of anilines is 1. The number of aliphatic hydroxyl groups is 1. The lowest BCUT2D eigenvalue weighted by Gasteiger charge is -2.41. The van der Waals surface area contributed by atoms with Gasteiger partial charge >= 0.3 is 0 Å². The molecule has 180 valence electrons. The molecule has 2 heterocycles. The minimum absolute atomic E-state index is 0.00404. The number of rotatable bonds is 6. The summed E-state index contributed by atoms with van der Waals surface area (Å²) >= 11 is 0. The fraction of sp³-hybridized carbons (Fsp3) is 0.286. The van der Waals surface area contributed by atoms with Crippen molar-refractivity contribution in [3.8, 4) is 0 Å². The van der Waals surface area contributed by atoms with Gasteiger partial charge in [-0.15, -0.1) is 0 Å². The van der Waals surface area contributed by atoms with Crippen LogP contribution in [0.25, 0.3) is 11.0 Å². The van der Waals surface area contributed by atoms with Crippen LogP contribution < -0.4 is 5.32 Å². The number of ether oxygens (including phenoxy) is 2. The van der Waals surface area contributed by atoms with Crippen molar-refractivity contribution in [3.63, 3.8) is 0 Å². The Kier molecular flexibility index (Phi) is 6.63. The summed E-state index contributed by atoms with van der Waals surface area (Å²) in [6.07, 6.45) is 0.957. The number of fused-ring (bicyclic) bond motifs is 1. The normalized spacial score (nSPS) is 22.3. The number of imidazole rings is 1. The van der Waals surface area contributed by atoms with Gasteiger partial charge in [0.25, 0.3) is 0 Å². The third-order valence-electron chi connectivity index (χ3n) is 6.53. The third kappa shape index (κ3) is 4.98. The molecule has 4 unspecified atom stereocenters. The molecular formula is C28H29N3O4. The summed E-state index contributed by atoms with van der Waals surface area (Å²) in [5, 5.41) is 12.2. The Bertz CT molecular complexity index is 1300. The van der Waals surface area contributed by atoms with E-state index < -0.39 is 6.29 Å². The molecule has 5 rings (SSSR count). The van der Waals surface area contributed by atoms with Gasteiger partial charge in [0.05, 0.1) is 42.7 Å². The van der Waals surface area contributed by atoms with Crippen LogP contribution in [-0.4, -0.2) is 26.7 Å². The number of nitrogens with one attached hydrogen (secondary N) is 1. The Balaban J connectivity index is 1.45. The quantitative estimate of drug-likeness (QED) is 0.414. The van der Waals surface area contributed by atoms with Gasteiger partial charge in [0.1, 0.15) is 0 Å². The molecule has 4 aromatic rings. The molecule has 4 atom stereocenters. The van der Waals surface area contributed by atoms with E-state index in [0.717, 1.165) is 33.4 Å². The highest BCUT2D eigenvalue weighted by molar-refractivity contribution is 5.88. The van der Waals surface area contributed by atoms with Gasteiger partial charge in [0.2, 0.25) is 5.91 Å². The van der Waals surface area contributed by atoms with Crippen molar-refractivity contribution in [1.29, 1.82) is 0 Å². The average molecular weight is 472 g/mol. The second-order valence-electron chi connectivity index (χ2n) is 9.01. The van der Waals surface area contributed by atoms with E-state index >= 15 is 0 Å². The van der Waals surface area contributed by atoms with E-state index in [2.05, 4.69) is 27.9 Å². The number of aromatic nitrogens is 2. The van der Waals surface area contributed by atoms with Crippen molar-refractivity contribution in [1.82, 2.24) is 9.55 Å². The van der Waals surface area contributed by atoms with E-state index in [1.54, 1.807) is 0 Å². The van der Waals surface area contributed by atoms with Gasteiger partial charge in [0.15, 0.2) is 6.29 Å². The van der Waals surface area contributed by atoms with E-state index in [9.17, 15) is 9.90 Å². The van der Waals surface area contributed by atoms with E-state index in [1.807, 2.05) is 73.1 Å². The lowest BCUT2D eigenvalue weighted by molar-refractivity contribution is -0.276. The maximum Gasteiger partial charge on any atom is 0.221 e. The molecule has 7 heteroatoms. The highest BCUT2D eigenvalue weighted by Gasteiger charge is 2.38.